The molecule has 8 atom stereocenters. The van der Waals surface area contributed by atoms with Crippen molar-refractivity contribution in [2.24, 2.45) is 0 Å². The van der Waals surface area contributed by atoms with E-state index >= 15 is 0 Å². The molecular formula is C28H34ClN9O9. The Labute approximate surface area is 272 Å². The first-order valence-electron chi connectivity index (χ1n) is 14.9. The molecule has 4 aromatic heterocycles. The third-order valence-corrected chi connectivity index (χ3v) is 8.41. The fourth-order valence-corrected chi connectivity index (χ4v) is 6.49. The molecule has 0 saturated carbocycles. The van der Waals surface area contributed by atoms with Gasteiger partial charge in [0.25, 0.3) is 0 Å². The zero-order valence-electron chi connectivity index (χ0n) is 26.1. The van der Waals surface area contributed by atoms with E-state index in [2.05, 4.69) is 29.9 Å². The van der Waals surface area contributed by atoms with Gasteiger partial charge in [0.05, 0.1) is 19.3 Å². The molecule has 0 unspecified atom stereocenters. The number of hydrogen-bond acceptors (Lipinski definition) is 16. The van der Waals surface area contributed by atoms with Crippen molar-refractivity contribution in [3.8, 4) is 0 Å². The fourth-order valence-electron chi connectivity index (χ4n) is 6.31. The summed E-state index contributed by atoms with van der Waals surface area (Å²) in [6, 6.07) is 0. The van der Waals surface area contributed by atoms with E-state index in [1.165, 1.54) is 19.6 Å². The number of esters is 1. The summed E-state index contributed by atoms with van der Waals surface area (Å²) >= 11 is 6.03. The van der Waals surface area contributed by atoms with E-state index in [9.17, 15) is 9.90 Å². The number of hydrogen-bond donors (Lipinski definition) is 2. The summed E-state index contributed by atoms with van der Waals surface area (Å²) in [6.07, 6.45) is 2.46. The second-order valence-corrected chi connectivity index (χ2v) is 12.7. The number of ether oxygens (including phenoxy) is 7. The van der Waals surface area contributed by atoms with Gasteiger partial charge in [0.1, 0.15) is 66.9 Å². The molecule has 4 aliphatic rings. The molecule has 4 saturated heterocycles. The Balaban J connectivity index is 0.000000151. The summed E-state index contributed by atoms with van der Waals surface area (Å²) < 4.78 is 44.3. The van der Waals surface area contributed by atoms with E-state index < -0.39 is 42.3 Å². The number of carbonyl (C=O) groups excluding carboxylic acids is 1. The molecule has 0 bridgehead atoms. The van der Waals surface area contributed by atoms with Crippen LogP contribution in [0.1, 0.15) is 47.1 Å². The standard InChI is InChI=1S/C15H19N5O5.C13H15ClN4O4/c1-7(21)22-4-8-10-11(25-15(2,3)24-10)14(23-8)20-6-19-9-12(16)17-5-18-13(9)20;1-13(2)21-8-6(3-19)20-12(9(8)22-13)18-5-17-7-10(14)15-4-16-11(7)18/h5-6,8,10-11,14H,4H2,1-3H3,(H2,16,17,18);4-6,8-9,12,19H,3H2,1-2H3/t8-,10-,11-,14-;6-,8-,9-,12-/m11/s1. The van der Waals surface area contributed by atoms with Gasteiger partial charge in [0.15, 0.2) is 46.3 Å². The first kappa shape index (κ1) is 32.0. The number of halogens is 1. The van der Waals surface area contributed by atoms with Crippen molar-refractivity contribution < 1.29 is 43.1 Å². The summed E-state index contributed by atoms with van der Waals surface area (Å²) in [5.74, 6) is -1.58. The maximum atomic E-state index is 11.1. The monoisotopic (exact) mass is 675 g/mol. The van der Waals surface area contributed by atoms with E-state index in [1.807, 2.05) is 27.7 Å². The number of nitrogens with zero attached hydrogens (tertiary/aromatic N) is 8. The van der Waals surface area contributed by atoms with Crippen LogP contribution in [0.25, 0.3) is 22.3 Å². The van der Waals surface area contributed by atoms with E-state index in [-0.39, 0.29) is 42.6 Å². The van der Waals surface area contributed by atoms with Gasteiger partial charge in [-0.15, -0.1) is 0 Å². The summed E-state index contributed by atoms with van der Waals surface area (Å²) in [5, 5.41) is 9.80. The van der Waals surface area contributed by atoms with Crippen molar-refractivity contribution in [2.45, 2.75) is 95.3 Å². The lowest BCUT2D eigenvalue weighted by Crippen LogP contribution is -2.33. The van der Waals surface area contributed by atoms with Crippen LogP contribution in [0, 0.1) is 0 Å². The Morgan fingerprint density at radius 3 is 1.94 bits per heavy atom. The summed E-state index contributed by atoms with van der Waals surface area (Å²) in [6.45, 7) is 8.61. The number of imidazole rings is 2. The van der Waals surface area contributed by atoms with E-state index in [1.54, 1.807) is 21.8 Å². The van der Waals surface area contributed by atoms with Crippen LogP contribution in [0.15, 0.2) is 25.3 Å². The number of aromatic nitrogens is 8. The van der Waals surface area contributed by atoms with Crippen LogP contribution in [0.5, 0.6) is 0 Å². The Hall–Kier alpha value is -3.62. The number of nitrogens with two attached hydrogens (primary N) is 1. The topological polar surface area (TPSA) is 215 Å². The summed E-state index contributed by atoms with van der Waals surface area (Å²) in [4.78, 5) is 35.9. The minimum Gasteiger partial charge on any atom is -0.463 e. The number of nitrogen functional groups attached to an aromatic ring is 1. The quantitative estimate of drug-likeness (QED) is 0.225. The number of carbonyl (C=O) groups is 1. The van der Waals surface area contributed by atoms with Crippen LogP contribution in [0.4, 0.5) is 5.82 Å². The molecule has 19 heteroatoms. The third-order valence-electron chi connectivity index (χ3n) is 8.13. The number of anilines is 1. The molecule has 3 N–H and O–H groups in total. The second-order valence-electron chi connectivity index (χ2n) is 12.3. The Kier molecular flexibility index (Phi) is 8.03. The molecule has 4 aliphatic heterocycles. The third kappa shape index (κ3) is 5.78. The van der Waals surface area contributed by atoms with Crippen LogP contribution in [0.2, 0.25) is 5.15 Å². The molecule has 47 heavy (non-hydrogen) atoms. The van der Waals surface area contributed by atoms with E-state index in [0.29, 0.717) is 28.1 Å². The molecule has 4 fully saturated rings. The highest BCUT2D eigenvalue weighted by Gasteiger charge is 2.57. The van der Waals surface area contributed by atoms with Crippen molar-refractivity contribution >= 4 is 45.7 Å². The SMILES string of the molecule is CC(=O)OC[C@H]1O[C@@H](n2cnc3c(N)ncnc32)[C@@H]2OC(C)(C)O[C@@H]21.CC1(C)O[C@@H]2[C@H](O1)[C@@H](CO)O[C@H]2n1cnc2c(Cl)ncnc21. The Bertz CT molecular complexity index is 1800. The zero-order chi connectivity index (χ0) is 33.2. The number of aliphatic hydroxyl groups is 1. The fraction of sp³-hybridized carbons (Fsp3) is 0.607. The summed E-state index contributed by atoms with van der Waals surface area (Å²) in [5.41, 5.74) is 7.92. The molecule has 0 spiro atoms. The number of rotatable bonds is 5. The summed E-state index contributed by atoms with van der Waals surface area (Å²) in [7, 11) is 0. The highest BCUT2D eigenvalue weighted by atomic mass is 35.5. The minimum absolute atomic E-state index is 0.0796. The maximum absolute atomic E-state index is 11.1. The van der Waals surface area contributed by atoms with Gasteiger partial charge in [-0.1, -0.05) is 11.6 Å². The van der Waals surface area contributed by atoms with Gasteiger partial charge in [0.2, 0.25) is 0 Å². The zero-order valence-corrected chi connectivity index (χ0v) is 26.8. The van der Waals surface area contributed by atoms with Crippen molar-refractivity contribution in [1.29, 1.82) is 0 Å². The average molecular weight is 676 g/mol. The molecule has 0 amide bonds. The molecular weight excluding hydrogens is 642 g/mol. The van der Waals surface area contributed by atoms with Gasteiger partial charge < -0.3 is 44.0 Å². The minimum atomic E-state index is -0.768. The maximum Gasteiger partial charge on any atom is 0.302 e. The molecule has 0 radical (unpaired) electrons. The van der Waals surface area contributed by atoms with Gasteiger partial charge in [-0.05, 0) is 27.7 Å². The smallest absolute Gasteiger partial charge is 0.302 e. The van der Waals surface area contributed by atoms with Gasteiger partial charge in [-0.25, -0.2) is 29.9 Å². The number of aliphatic hydroxyl groups excluding tert-OH is 1. The lowest BCUT2D eigenvalue weighted by atomic mass is 10.1. The lowest BCUT2D eigenvalue weighted by molar-refractivity contribution is -0.201. The molecule has 4 aromatic rings. The first-order valence-corrected chi connectivity index (χ1v) is 15.3. The van der Waals surface area contributed by atoms with Crippen molar-refractivity contribution in [3.63, 3.8) is 0 Å². The Morgan fingerprint density at radius 1 is 0.830 bits per heavy atom. The van der Waals surface area contributed by atoms with E-state index in [4.69, 9.17) is 50.5 Å². The number of fused-ring (bicyclic) bond motifs is 4. The Morgan fingerprint density at radius 2 is 1.34 bits per heavy atom. The van der Waals surface area contributed by atoms with Crippen LogP contribution < -0.4 is 5.73 Å². The highest BCUT2D eigenvalue weighted by Crippen LogP contribution is 2.45. The van der Waals surface area contributed by atoms with Crippen molar-refractivity contribution in [3.05, 3.63) is 30.5 Å². The predicted octanol–water partition coefficient (Wildman–Crippen LogP) is 1.28. The van der Waals surface area contributed by atoms with Gasteiger partial charge >= 0.3 is 5.97 Å². The van der Waals surface area contributed by atoms with Crippen molar-refractivity contribution in [2.75, 3.05) is 18.9 Å². The van der Waals surface area contributed by atoms with Gasteiger partial charge in [-0.3, -0.25) is 13.9 Å². The van der Waals surface area contributed by atoms with Crippen LogP contribution in [-0.4, -0.2) is 112 Å². The largest absolute Gasteiger partial charge is 0.463 e. The van der Waals surface area contributed by atoms with Gasteiger partial charge in [0, 0.05) is 6.92 Å². The average Bonchev–Trinajstić information content (AvgIpc) is 3.84. The normalized spacial score (nSPS) is 31.9. The van der Waals surface area contributed by atoms with Crippen LogP contribution >= 0.6 is 11.6 Å². The van der Waals surface area contributed by atoms with Crippen LogP contribution in [-0.2, 0) is 38.0 Å². The predicted molar refractivity (Wildman–Crippen MR) is 159 cm³/mol. The molecule has 18 nitrogen and oxygen atoms in total. The van der Waals surface area contributed by atoms with Crippen molar-refractivity contribution in [1.82, 2.24) is 39.0 Å². The highest BCUT2D eigenvalue weighted by molar-refractivity contribution is 6.33. The molecule has 0 aliphatic carbocycles. The van der Waals surface area contributed by atoms with E-state index in [0.717, 1.165) is 0 Å². The second kappa shape index (κ2) is 11.8. The van der Waals surface area contributed by atoms with Crippen LogP contribution in [0.3, 0.4) is 0 Å². The first-order chi connectivity index (χ1) is 22.4. The molecule has 0 aromatic carbocycles. The lowest BCUT2D eigenvalue weighted by Gasteiger charge is -2.24. The molecule has 8 heterocycles. The van der Waals surface area contributed by atoms with Gasteiger partial charge in [-0.2, -0.15) is 0 Å². The molecule has 8 rings (SSSR count). The molecule has 252 valence electrons.